The molecule has 0 aliphatic rings. The highest BCUT2D eigenvalue weighted by molar-refractivity contribution is 7.09. The summed E-state index contributed by atoms with van der Waals surface area (Å²) in [5, 5.41) is 11.2. The summed E-state index contributed by atoms with van der Waals surface area (Å²) < 4.78 is 11.0. The van der Waals surface area contributed by atoms with Crippen LogP contribution in [0.2, 0.25) is 0 Å². The first-order valence-electron chi connectivity index (χ1n) is 18.8. The summed E-state index contributed by atoms with van der Waals surface area (Å²) in [5.74, 6) is -2.13. The Balaban J connectivity index is 2.28. The van der Waals surface area contributed by atoms with E-state index in [1.54, 1.807) is 31.2 Å². The third-order valence-corrected chi connectivity index (χ3v) is 10.1. The second-order valence-electron chi connectivity index (χ2n) is 15.2. The van der Waals surface area contributed by atoms with Crippen molar-refractivity contribution in [2.24, 2.45) is 17.3 Å². The number of nitrogens with zero attached hydrogens (tertiary/aromatic N) is 2. The van der Waals surface area contributed by atoms with Gasteiger partial charge in [0.25, 0.3) is 5.91 Å². The number of carbonyl (C=O) groups is 5. The first-order valence-corrected chi connectivity index (χ1v) is 19.7. The molecule has 0 radical (unpaired) electrons. The minimum Gasteiger partial charge on any atom is -0.466 e. The first kappa shape index (κ1) is 45.3. The van der Waals surface area contributed by atoms with Gasteiger partial charge in [0.2, 0.25) is 11.8 Å². The van der Waals surface area contributed by atoms with Crippen LogP contribution >= 0.6 is 11.3 Å². The van der Waals surface area contributed by atoms with E-state index in [0.29, 0.717) is 24.3 Å². The largest absolute Gasteiger partial charge is 0.466 e. The summed E-state index contributed by atoms with van der Waals surface area (Å²) in [5.41, 5.74) is 0.610. The molecule has 0 aliphatic carbocycles. The van der Waals surface area contributed by atoms with E-state index in [4.69, 9.17) is 9.47 Å². The number of aromatic nitrogens is 1. The van der Waals surface area contributed by atoms with E-state index >= 15 is 0 Å². The smallest absolute Gasteiger partial charge is 0.308 e. The molecule has 0 spiro atoms. The molecule has 1 heterocycles. The van der Waals surface area contributed by atoms with Gasteiger partial charge >= 0.3 is 11.9 Å². The van der Waals surface area contributed by atoms with Crippen molar-refractivity contribution in [2.45, 2.75) is 125 Å². The Labute approximate surface area is 320 Å². The number of hydrogen-bond acceptors (Lipinski definition) is 10. The zero-order valence-corrected chi connectivity index (χ0v) is 34.3. The Morgan fingerprint density at radius 2 is 1.64 bits per heavy atom. The summed E-state index contributed by atoms with van der Waals surface area (Å²) in [4.78, 5) is 71.7. The van der Waals surface area contributed by atoms with Crippen LogP contribution < -0.4 is 16.0 Å². The van der Waals surface area contributed by atoms with Gasteiger partial charge in [0.1, 0.15) is 16.7 Å². The standard InChI is InChI=1S/C40H63N5O7S/c1-11-51-39(50)27(4)22-30(23-29-18-14-12-15-19-29)42-36(48)31-25-53-37(43-31)33(52-28(5)46)24-32(26(2)3)45(10)38(49)35(40(6,7)8)44-34(47)20-16-13-17-21-41-9/h12,14-15,18-19,25-27,30,32-33,35,41H,11,13,16-17,20-24H2,1-10H3,(H,42,48)(H,44,47)/t27-,30+,32+,33+,35+/m0/s1. The lowest BCUT2D eigenvalue weighted by molar-refractivity contribution is -0.149. The summed E-state index contributed by atoms with van der Waals surface area (Å²) in [7, 11) is 3.61. The maximum absolute atomic E-state index is 14.1. The molecule has 1 aromatic heterocycles. The molecule has 3 amide bonds. The molecular weight excluding hydrogens is 695 g/mol. The number of esters is 2. The zero-order valence-electron chi connectivity index (χ0n) is 33.5. The number of likely N-dealkylation sites (N-methyl/N-ethyl adjacent to an activating group) is 1. The lowest BCUT2D eigenvalue weighted by Crippen LogP contribution is -2.56. The van der Waals surface area contributed by atoms with Crippen LogP contribution in [0.3, 0.4) is 0 Å². The molecule has 5 atom stereocenters. The van der Waals surface area contributed by atoms with E-state index in [1.807, 2.05) is 72.0 Å². The summed E-state index contributed by atoms with van der Waals surface area (Å²) in [6, 6.07) is 8.17. The number of benzene rings is 1. The molecule has 2 aromatic rings. The molecule has 12 nitrogen and oxygen atoms in total. The molecular formula is C40H63N5O7S. The zero-order chi connectivity index (χ0) is 39.7. The number of nitrogens with one attached hydrogen (secondary N) is 3. The number of carbonyl (C=O) groups excluding carboxylic acids is 5. The van der Waals surface area contributed by atoms with Gasteiger partial charge in [0.05, 0.1) is 12.5 Å². The Kier molecular flexibility index (Phi) is 19.1. The Morgan fingerprint density at radius 1 is 0.962 bits per heavy atom. The van der Waals surface area contributed by atoms with E-state index in [1.165, 1.54) is 18.3 Å². The van der Waals surface area contributed by atoms with Crippen LogP contribution in [0.1, 0.15) is 121 Å². The quantitative estimate of drug-likeness (QED) is 0.0989. The van der Waals surface area contributed by atoms with Crippen LogP contribution in [0.5, 0.6) is 0 Å². The van der Waals surface area contributed by atoms with Gasteiger partial charge in [0.15, 0.2) is 6.10 Å². The van der Waals surface area contributed by atoms with Gasteiger partial charge in [-0.05, 0) is 63.1 Å². The fraction of sp³-hybridized carbons (Fsp3) is 0.650. The molecule has 0 aliphatic heterocycles. The number of hydrogen-bond donors (Lipinski definition) is 3. The predicted octanol–water partition coefficient (Wildman–Crippen LogP) is 5.86. The average molecular weight is 758 g/mol. The van der Waals surface area contributed by atoms with Gasteiger partial charge in [-0.1, -0.05) is 78.3 Å². The van der Waals surface area contributed by atoms with Gasteiger partial charge < -0.3 is 30.3 Å². The number of amides is 3. The molecule has 0 bridgehead atoms. The van der Waals surface area contributed by atoms with E-state index in [-0.39, 0.29) is 48.5 Å². The Bertz CT molecular complexity index is 1460. The molecule has 0 saturated heterocycles. The van der Waals surface area contributed by atoms with Crippen molar-refractivity contribution in [2.75, 3.05) is 27.2 Å². The van der Waals surface area contributed by atoms with Crippen LogP contribution in [0.25, 0.3) is 0 Å². The molecule has 53 heavy (non-hydrogen) atoms. The lowest BCUT2D eigenvalue weighted by atomic mass is 9.84. The third-order valence-electron chi connectivity index (χ3n) is 9.14. The van der Waals surface area contributed by atoms with E-state index < -0.39 is 41.4 Å². The van der Waals surface area contributed by atoms with E-state index in [0.717, 1.165) is 31.4 Å². The van der Waals surface area contributed by atoms with Crippen molar-refractivity contribution in [1.82, 2.24) is 25.8 Å². The normalized spacial score (nSPS) is 14.4. The fourth-order valence-corrected chi connectivity index (χ4v) is 7.05. The van der Waals surface area contributed by atoms with Crippen LogP contribution in [0.4, 0.5) is 0 Å². The predicted molar refractivity (Wildman–Crippen MR) is 208 cm³/mol. The molecule has 0 fully saturated rings. The molecule has 13 heteroatoms. The minimum absolute atomic E-state index is 0.0478. The summed E-state index contributed by atoms with van der Waals surface area (Å²) >= 11 is 1.20. The lowest BCUT2D eigenvalue weighted by Gasteiger charge is -2.39. The fourth-order valence-electron chi connectivity index (χ4n) is 6.21. The average Bonchev–Trinajstić information content (AvgIpc) is 3.59. The second kappa shape index (κ2) is 22.4. The Hall–Kier alpha value is -3.84. The van der Waals surface area contributed by atoms with E-state index in [2.05, 4.69) is 20.9 Å². The summed E-state index contributed by atoms with van der Waals surface area (Å²) in [6.07, 6.45) is 3.25. The van der Waals surface area contributed by atoms with Crippen molar-refractivity contribution in [1.29, 1.82) is 0 Å². The number of unbranched alkanes of at least 4 members (excludes halogenated alkanes) is 2. The van der Waals surface area contributed by atoms with Gasteiger partial charge in [0, 0.05) is 44.3 Å². The van der Waals surface area contributed by atoms with Crippen molar-refractivity contribution in [3.05, 3.63) is 52.0 Å². The maximum Gasteiger partial charge on any atom is 0.308 e. The maximum atomic E-state index is 14.1. The number of rotatable bonds is 22. The third kappa shape index (κ3) is 15.6. The molecule has 1 aromatic carbocycles. The van der Waals surface area contributed by atoms with E-state index in [9.17, 15) is 24.0 Å². The highest BCUT2D eigenvalue weighted by atomic mass is 32.1. The van der Waals surface area contributed by atoms with Gasteiger partial charge in [-0.2, -0.15) is 0 Å². The minimum atomic E-state index is -0.828. The molecule has 2 rings (SSSR count). The van der Waals surface area contributed by atoms with Crippen molar-refractivity contribution in [3.8, 4) is 0 Å². The van der Waals surface area contributed by atoms with Crippen LogP contribution in [0.15, 0.2) is 35.7 Å². The Morgan fingerprint density at radius 3 is 2.23 bits per heavy atom. The van der Waals surface area contributed by atoms with Gasteiger partial charge in [-0.3, -0.25) is 24.0 Å². The van der Waals surface area contributed by atoms with Crippen molar-refractivity contribution < 1.29 is 33.4 Å². The van der Waals surface area contributed by atoms with Crippen LogP contribution in [-0.4, -0.2) is 84.9 Å². The van der Waals surface area contributed by atoms with Crippen molar-refractivity contribution in [3.63, 3.8) is 0 Å². The van der Waals surface area contributed by atoms with Gasteiger partial charge in [-0.15, -0.1) is 11.3 Å². The van der Waals surface area contributed by atoms with Crippen LogP contribution in [-0.2, 0) is 35.1 Å². The molecule has 0 saturated carbocycles. The monoisotopic (exact) mass is 757 g/mol. The van der Waals surface area contributed by atoms with Crippen molar-refractivity contribution >= 4 is 41.0 Å². The number of thiazole rings is 1. The first-order chi connectivity index (χ1) is 25.0. The van der Waals surface area contributed by atoms with Crippen LogP contribution in [0, 0.1) is 17.3 Å². The molecule has 3 N–H and O–H groups in total. The second-order valence-corrected chi connectivity index (χ2v) is 16.1. The highest BCUT2D eigenvalue weighted by Gasteiger charge is 2.38. The topological polar surface area (TPSA) is 156 Å². The van der Waals surface area contributed by atoms with Gasteiger partial charge in [-0.25, -0.2) is 4.98 Å². The number of ether oxygens (including phenoxy) is 2. The molecule has 0 unspecified atom stereocenters. The molecule has 296 valence electrons. The highest BCUT2D eigenvalue weighted by Crippen LogP contribution is 2.32. The SMILES string of the molecule is CCOC(=O)[C@@H](C)C[C@H](Cc1ccccc1)NC(=O)c1csc([C@@H](C[C@H](C(C)C)N(C)C(=O)[C@@H](NC(=O)CCCCCNC)C(C)(C)C)OC(C)=O)n1. The summed E-state index contributed by atoms with van der Waals surface area (Å²) in [6.45, 7) is 15.8.